The molecule has 4 aromatic rings. The predicted octanol–water partition coefficient (Wildman–Crippen LogP) is 5.80. The zero-order valence-electron chi connectivity index (χ0n) is 19.9. The van der Waals surface area contributed by atoms with Gasteiger partial charge >= 0.3 is 12.3 Å². The molecule has 0 unspecified atom stereocenters. The number of aryl methyl sites for hydroxylation is 1. The van der Waals surface area contributed by atoms with Crippen LogP contribution in [-0.4, -0.2) is 43.5 Å². The van der Waals surface area contributed by atoms with Crippen LogP contribution >= 0.6 is 12.2 Å². The van der Waals surface area contributed by atoms with Gasteiger partial charge in [-0.15, -0.1) is 5.10 Å². The Bertz CT molecular complexity index is 1490. The number of thiocarbonyl (C=S) groups is 1. The highest BCUT2D eigenvalue weighted by molar-refractivity contribution is 7.80. The summed E-state index contributed by atoms with van der Waals surface area (Å²) in [4.78, 5) is 4.21. The summed E-state index contributed by atoms with van der Waals surface area (Å²) in [5.74, 6) is -0.141. The fraction of sp³-hybridized carbons (Fsp3) is 0.120. The number of hydrogen-bond acceptors (Lipinski definition) is 6. The summed E-state index contributed by atoms with van der Waals surface area (Å²) in [6.07, 6.45) is -8.21. The molecule has 0 amide bonds. The number of nitrogens with one attached hydrogen (secondary N) is 2. The van der Waals surface area contributed by atoms with Crippen molar-refractivity contribution in [3.8, 4) is 28.6 Å². The lowest BCUT2D eigenvalue weighted by Crippen LogP contribution is -2.41. The second kappa shape index (κ2) is 11.0. The Labute approximate surface area is 223 Å². The zero-order valence-corrected chi connectivity index (χ0v) is 20.8. The average molecular weight is 563 g/mol. The van der Waals surface area contributed by atoms with Crippen molar-refractivity contribution < 1.29 is 31.8 Å². The maximum Gasteiger partial charge on any atom is 0.499 e. The number of aromatic hydroxyl groups is 1. The number of anilines is 1. The van der Waals surface area contributed by atoms with Crippen LogP contribution in [0.1, 0.15) is 11.1 Å². The summed E-state index contributed by atoms with van der Waals surface area (Å²) >= 11 is 5.21. The summed E-state index contributed by atoms with van der Waals surface area (Å²) in [6, 6.07) is 16.4. The number of hydrogen-bond donors (Lipinski definition) is 3. The molecule has 39 heavy (non-hydrogen) atoms. The molecule has 14 heteroatoms. The molecule has 0 saturated carbocycles. The minimum atomic E-state index is -5.83. The molecule has 3 N–H and O–H groups in total. The Hall–Kier alpha value is -4.59. The minimum absolute atomic E-state index is 0.155. The van der Waals surface area contributed by atoms with Gasteiger partial charge in [0.15, 0.2) is 10.9 Å². The third-order valence-corrected chi connectivity index (χ3v) is 5.37. The maximum atomic E-state index is 13.1. The average Bonchev–Trinajstić information content (AvgIpc) is 3.36. The number of benzene rings is 3. The molecule has 0 atom stereocenters. The van der Waals surface area contributed by atoms with Crippen molar-refractivity contribution >= 4 is 29.2 Å². The highest BCUT2D eigenvalue weighted by Gasteiger charge is 2.61. The van der Waals surface area contributed by atoms with Gasteiger partial charge in [0.2, 0.25) is 0 Å². The molecule has 1 heterocycles. The summed E-state index contributed by atoms with van der Waals surface area (Å²) < 4.78 is 68.2. The third-order valence-electron chi connectivity index (χ3n) is 5.18. The van der Waals surface area contributed by atoms with Gasteiger partial charge in [-0.1, -0.05) is 24.3 Å². The highest BCUT2D eigenvalue weighted by Crippen LogP contribution is 2.37. The van der Waals surface area contributed by atoms with Crippen LogP contribution in [0.2, 0.25) is 0 Å². The van der Waals surface area contributed by atoms with Crippen molar-refractivity contribution in [1.82, 2.24) is 20.2 Å². The van der Waals surface area contributed by atoms with E-state index in [2.05, 4.69) is 30.7 Å². The van der Waals surface area contributed by atoms with E-state index in [0.29, 0.717) is 17.1 Å². The number of nitrogens with zero attached hydrogens (tertiary/aromatic N) is 4. The van der Waals surface area contributed by atoms with Crippen LogP contribution in [0, 0.1) is 6.92 Å². The first-order valence-electron chi connectivity index (χ1n) is 11.1. The second-order valence-corrected chi connectivity index (χ2v) is 8.48. The first-order chi connectivity index (χ1) is 18.4. The SMILES string of the molecule is Cc1cc(O)ccc1NC(=S)N/N=C/c1ccc(-c2ncn(-c3ccc(OC(F)(F)C(F)(F)F)cc3)n2)cc1. The van der Waals surface area contributed by atoms with Crippen LogP contribution in [0.25, 0.3) is 17.1 Å². The third kappa shape index (κ3) is 6.84. The monoisotopic (exact) mass is 562 g/mol. The molecule has 3 aromatic carbocycles. The van der Waals surface area contributed by atoms with Crippen molar-refractivity contribution in [2.24, 2.45) is 5.10 Å². The van der Waals surface area contributed by atoms with Gasteiger partial charge in [-0.05, 0) is 72.7 Å². The number of phenolic OH excluding ortho intramolecular Hbond substituents is 1. The van der Waals surface area contributed by atoms with Crippen LogP contribution in [0.4, 0.5) is 27.6 Å². The first-order valence-corrected chi connectivity index (χ1v) is 11.5. The van der Waals surface area contributed by atoms with Crippen LogP contribution < -0.4 is 15.5 Å². The van der Waals surface area contributed by atoms with Crippen molar-refractivity contribution in [1.29, 1.82) is 0 Å². The van der Waals surface area contributed by atoms with Gasteiger partial charge < -0.3 is 15.2 Å². The number of ether oxygens (including phenoxy) is 1. The minimum Gasteiger partial charge on any atom is -0.508 e. The van der Waals surface area contributed by atoms with E-state index in [1.807, 2.05) is 6.92 Å². The Balaban J connectivity index is 1.35. The van der Waals surface area contributed by atoms with Gasteiger partial charge in [-0.2, -0.15) is 27.1 Å². The molecule has 0 aliphatic heterocycles. The summed E-state index contributed by atoms with van der Waals surface area (Å²) in [5.41, 5.74) is 6.04. The van der Waals surface area contributed by atoms with Gasteiger partial charge in [-0.25, -0.2) is 9.67 Å². The van der Waals surface area contributed by atoms with E-state index in [1.165, 1.54) is 29.2 Å². The quantitative estimate of drug-likeness (QED) is 0.0861. The standard InChI is InChI=1S/C25H19F5N6O2S/c1-15-12-19(37)8-11-21(15)33-23(39)34-32-13-16-2-4-17(5-3-16)22-31-14-36(35-22)18-6-9-20(10-7-18)38-25(29,30)24(26,27)28/h2-14,37H,1H3,(H2,33,34,39)/b32-13+. The lowest BCUT2D eigenvalue weighted by atomic mass is 10.1. The largest absolute Gasteiger partial charge is 0.508 e. The molecular weight excluding hydrogens is 543 g/mol. The molecule has 0 saturated heterocycles. The number of hydrazone groups is 1. The highest BCUT2D eigenvalue weighted by atomic mass is 32.1. The predicted molar refractivity (Wildman–Crippen MR) is 138 cm³/mol. The topological polar surface area (TPSA) is 96.6 Å². The van der Waals surface area contributed by atoms with Crippen molar-refractivity contribution in [2.45, 2.75) is 19.2 Å². The molecule has 0 aliphatic carbocycles. The number of rotatable bonds is 7. The fourth-order valence-corrected chi connectivity index (χ4v) is 3.38. The van der Waals surface area contributed by atoms with Crippen molar-refractivity contribution in [3.63, 3.8) is 0 Å². The lowest BCUT2D eigenvalue weighted by Gasteiger charge is -2.20. The Morgan fingerprint density at radius 3 is 2.36 bits per heavy atom. The summed E-state index contributed by atoms with van der Waals surface area (Å²) in [7, 11) is 0. The van der Waals surface area contributed by atoms with Gasteiger partial charge in [0.05, 0.1) is 11.9 Å². The van der Waals surface area contributed by atoms with Crippen molar-refractivity contribution in [2.75, 3.05) is 5.32 Å². The molecule has 0 aliphatic rings. The molecule has 0 spiro atoms. The number of aromatic nitrogens is 3. The van der Waals surface area contributed by atoms with E-state index >= 15 is 0 Å². The Morgan fingerprint density at radius 2 is 1.72 bits per heavy atom. The first kappa shape index (κ1) is 27.4. The van der Waals surface area contributed by atoms with Gasteiger partial charge in [0.1, 0.15) is 17.8 Å². The normalized spacial score (nSPS) is 11.9. The second-order valence-electron chi connectivity index (χ2n) is 8.07. The molecule has 1 aromatic heterocycles. The van der Waals surface area contributed by atoms with Crippen LogP contribution in [-0.2, 0) is 0 Å². The molecule has 4 rings (SSSR count). The van der Waals surface area contributed by atoms with E-state index in [4.69, 9.17) is 12.2 Å². The molecule has 202 valence electrons. The fourth-order valence-electron chi connectivity index (χ4n) is 3.21. The number of phenols is 1. The van der Waals surface area contributed by atoms with Crippen molar-refractivity contribution in [3.05, 3.63) is 84.2 Å². The van der Waals surface area contributed by atoms with E-state index < -0.39 is 18.0 Å². The van der Waals surface area contributed by atoms with Gasteiger partial charge in [0, 0.05) is 11.3 Å². The van der Waals surface area contributed by atoms with Gasteiger partial charge in [-0.3, -0.25) is 5.43 Å². The smallest absolute Gasteiger partial charge is 0.499 e. The van der Waals surface area contributed by atoms with E-state index in [9.17, 15) is 27.1 Å². The molecule has 8 nitrogen and oxygen atoms in total. The van der Waals surface area contributed by atoms with E-state index in [0.717, 1.165) is 28.9 Å². The van der Waals surface area contributed by atoms with Crippen LogP contribution in [0.5, 0.6) is 11.5 Å². The Kier molecular flexibility index (Phi) is 7.76. The van der Waals surface area contributed by atoms with Crippen LogP contribution in [0.3, 0.4) is 0 Å². The molecular formula is C25H19F5N6O2S. The molecule has 0 bridgehead atoms. The lowest BCUT2D eigenvalue weighted by molar-refractivity contribution is -0.360. The van der Waals surface area contributed by atoms with E-state index in [-0.39, 0.29) is 10.9 Å². The van der Waals surface area contributed by atoms with Gasteiger partial charge in [0.25, 0.3) is 0 Å². The number of alkyl halides is 5. The van der Waals surface area contributed by atoms with Crippen LogP contribution in [0.15, 0.2) is 78.2 Å². The zero-order chi connectivity index (χ0) is 28.2. The maximum absolute atomic E-state index is 13.1. The summed E-state index contributed by atoms with van der Waals surface area (Å²) in [5, 5.41) is 21.1. The number of halogens is 5. The molecule has 0 fully saturated rings. The Morgan fingerprint density at radius 1 is 1.03 bits per heavy atom. The summed E-state index contributed by atoms with van der Waals surface area (Å²) in [6.45, 7) is 1.82. The molecule has 0 radical (unpaired) electrons. The van der Waals surface area contributed by atoms with E-state index in [1.54, 1.807) is 42.6 Å².